The molecule has 1 rings (SSSR count). The van der Waals surface area contributed by atoms with E-state index in [0.717, 1.165) is 10.9 Å². The van der Waals surface area contributed by atoms with Crippen LogP contribution in [0.15, 0.2) is 6.20 Å². The first-order valence-corrected chi connectivity index (χ1v) is 3.64. The third-order valence-corrected chi connectivity index (χ3v) is 1.71. The molecule has 0 fully saturated rings. The topological polar surface area (TPSA) is 17.8 Å². The fourth-order valence-corrected chi connectivity index (χ4v) is 1.14. The lowest BCUT2D eigenvalue weighted by atomic mass is 10.3. The summed E-state index contributed by atoms with van der Waals surface area (Å²) < 4.78 is 37.4. The molecule has 0 saturated heterocycles. The summed E-state index contributed by atoms with van der Waals surface area (Å²) in [7, 11) is 1.23. The second kappa shape index (κ2) is 2.97. The minimum absolute atomic E-state index is 0.00617. The van der Waals surface area contributed by atoms with Crippen LogP contribution in [0.3, 0.4) is 0 Å². The molecule has 12 heavy (non-hydrogen) atoms. The van der Waals surface area contributed by atoms with Crippen LogP contribution in [0, 0.1) is 0 Å². The van der Waals surface area contributed by atoms with E-state index in [-0.39, 0.29) is 11.4 Å². The van der Waals surface area contributed by atoms with Crippen molar-refractivity contribution in [1.82, 2.24) is 9.78 Å². The predicted molar refractivity (Wildman–Crippen MR) is 37.8 cm³/mol. The number of aryl methyl sites for hydroxylation is 1. The average Bonchev–Trinajstić information content (AvgIpc) is 2.29. The van der Waals surface area contributed by atoms with E-state index < -0.39 is 11.9 Å². The van der Waals surface area contributed by atoms with Crippen molar-refractivity contribution in [2.45, 2.75) is 12.1 Å². The van der Waals surface area contributed by atoms with Crippen molar-refractivity contribution in [1.29, 1.82) is 0 Å². The van der Waals surface area contributed by atoms with Crippen molar-refractivity contribution < 1.29 is 13.2 Å². The molecule has 0 aliphatic carbocycles. The maximum Gasteiger partial charge on any atom is 0.433 e. The smallest absolute Gasteiger partial charge is 0.263 e. The van der Waals surface area contributed by atoms with E-state index in [9.17, 15) is 13.2 Å². The molecule has 0 unspecified atom stereocenters. The third-order valence-electron chi connectivity index (χ3n) is 1.43. The average molecular weight is 199 g/mol. The van der Waals surface area contributed by atoms with Crippen LogP contribution < -0.4 is 0 Å². The van der Waals surface area contributed by atoms with Crippen molar-refractivity contribution in [3.63, 3.8) is 0 Å². The summed E-state index contributed by atoms with van der Waals surface area (Å²) in [6.45, 7) is 0. The highest BCUT2D eigenvalue weighted by Crippen LogP contribution is 2.31. The highest BCUT2D eigenvalue weighted by molar-refractivity contribution is 6.17. The van der Waals surface area contributed by atoms with Crippen LogP contribution in [-0.2, 0) is 19.1 Å². The largest absolute Gasteiger partial charge is 0.433 e. The van der Waals surface area contributed by atoms with Gasteiger partial charge in [-0.3, -0.25) is 4.68 Å². The van der Waals surface area contributed by atoms with Crippen LogP contribution in [0.2, 0.25) is 0 Å². The van der Waals surface area contributed by atoms with E-state index in [1.807, 2.05) is 0 Å². The minimum atomic E-state index is -4.38. The van der Waals surface area contributed by atoms with E-state index >= 15 is 0 Å². The summed E-state index contributed by atoms with van der Waals surface area (Å²) in [6.07, 6.45) is -3.26. The first-order valence-electron chi connectivity index (χ1n) is 3.11. The number of halogens is 4. The SMILES string of the molecule is Cn1ncc(CCl)c1C(F)(F)F. The summed E-state index contributed by atoms with van der Waals surface area (Å²) in [5, 5.41) is 3.47. The maximum absolute atomic E-state index is 12.2. The second-order valence-corrected chi connectivity index (χ2v) is 2.54. The van der Waals surface area contributed by atoms with Crippen molar-refractivity contribution in [3.8, 4) is 0 Å². The molecule has 1 aromatic rings. The fraction of sp³-hybridized carbons (Fsp3) is 0.500. The molecule has 0 saturated carbocycles. The van der Waals surface area contributed by atoms with E-state index in [0.29, 0.717) is 0 Å². The Bertz CT molecular complexity index is 279. The fourth-order valence-electron chi connectivity index (χ4n) is 0.946. The van der Waals surface area contributed by atoms with Crippen molar-refractivity contribution in [3.05, 3.63) is 17.5 Å². The Kier molecular flexibility index (Phi) is 2.32. The summed E-state index contributed by atoms with van der Waals surface area (Å²) in [6, 6.07) is 0. The molecule has 0 aliphatic heterocycles. The summed E-state index contributed by atoms with van der Waals surface area (Å²) in [5.74, 6) is -0.178. The quantitative estimate of drug-likeness (QED) is 0.633. The number of rotatable bonds is 1. The lowest BCUT2D eigenvalue weighted by Gasteiger charge is -2.07. The zero-order chi connectivity index (χ0) is 9.35. The zero-order valence-corrected chi connectivity index (χ0v) is 6.95. The number of alkyl halides is 4. The highest BCUT2D eigenvalue weighted by Gasteiger charge is 2.36. The Labute approximate surface area is 71.9 Å². The molecule has 68 valence electrons. The molecule has 1 heterocycles. The lowest BCUT2D eigenvalue weighted by molar-refractivity contribution is -0.144. The standard InChI is InChI=1S/C6H6ClF3N2/c1-12-5(6(8,9)10)4(2-7)3-11-12/h3H,2H2,1H3. The Morgan fingerprint density at radius 3 is 2.50 bits per heavy atom. The van der Waals surface area contributed by atoms with Gasteiger partial charge in [0.2, 0.25) is 0 Å². The third kappa shape index (κ3) is 1.55. The molecule has 6 heteroatoms. The van der Waals surface area contributed by atoms with Gasteiger partial charge >= 0.3 is 6.18 Å². The van der Waals surface area contributed by atoms with Gasteiger partial charge in [0, 0.05) is 12.6 Å². The first kappa shape index (κ1) is 9.38. The summed E-state index contributed by atoms with van der Waals surface area (Å²) in [4.78, 5) is 0. The van der Waals surface area contributed by atoms with Gasteiger partial charge in [-0.15, -0.1) is 11.6 Å². The number of aromatic nitrogens is 2. The summed E-state index contributed by atoms with van der Waals surface area (Å²) in [5.41, 5.74) is -0.774. The molecule has 1 aromatic heterocycles. The summed E-state index contributed by atoms with van der Waals surface area (Å²) >= 11 is 5.30. The molecule has 0 N–H and O–H groups in total. The Morgan fingerprint density at radius 1 is 1.58 bits per heavy atom. The van der Waals surface area contributed by atoms with Crippen LogP contribution >= 0.6 is 11.6 Å². The van der Waals surface area contributed by atoms with Crippen molar-refractivity contribution in [2.75, 3.05) is 0 Å². The van der Waals surface area contributed by atoms with Crippen LogP contribution in [0.5, 0.6) is 0 Å². The molecular formula is C6H6ClF3N2. The predicted octanol–water partition coefficient (Wildman–Crippen LogP) is 2.18. The molecule has 2 nitrogen and oxygen atoms in total. The minimum Gasteiger partial charge on any atom is -0.263 e. The van der Waals surface area contributed by atoms with Crippen LogP contribution in [0.25, 0.3) is 0 Å². The molecule has 0 aromatic carbocycles. The number of hydrogen-bond acceptors (Lipinski definition) is 1. The lowest BCUT2D eigenvalue weighted by Crippen LogP contribution is -2.13. The zero-order valence-electron chi connectivity index (χ0n) is 6.19. The normalized spacial score (nSPS) is 12.1. The van der Waals surface area contributed by atoms with Gasteiger partial charge in [-0.2, -0.15) is 18.3 Å². The van der Waals surface area contributed by atoms with Crippen LogP contribution in [0.4, 0.5) is 13.2 Å². The Hall–Kier alpha value is -0.710. The van der Waals surface area contributed by atoms with Gasteiger partial charge in [0.15, 0.2) is 0 Å². The number of nitrogens with zero attached hydrogens (tertiary/aromatic N) is 2. The molecule has 0 amide bonds. The van der Waals surface area contributed by atoms with Gasteiger partial charge in [-0.05, 0) is 0 Å². The van der Waals surface area contributed by atoms with Gasteiger partial charge in [0.25, 0.3) is 0 Å². The monoisotopic (exact) mass is 198 g/mol. The van der Waals surface area contributed by atoms with Gasteiger partial charge in [-0.25, -0.2) is 0 Å². The molecule has 0 aliphatic rings. The van der Waals surface area contributed by atoms with Crippen molar-refractivity contribution >= 4 is 11.6 Å². The van der Waals surface area contributed by atoms with Gasteiger partial charge in [0.1, 0.15) is 5.69 Å². The molecule has 0 atom stereocenters. The Morgan fingerprint density at radius 2 is 2.17 bits per heavy atom. The van der Waals surface area contributed by atoms with Crippen LogP contribution in [0.1, 0.15) is 11.3 Å². The van der Waals surface area contributed by atoms with Gasteiger partial charge < -0.3 is 0 Å². The van der Waals surface area contributed by atoms with Crippen molar-refractivity contribution in [2.24, 2.45) is 7.05 Å². The van der Waals surface area contributed by atoms with Gasteiger partial charge in [-0.1, -0.05) is 0 Å². The second-order valence-electron chi connectivity index (χ2n) is 2.27. The van der Waals surface area contributed by atoms with E-state index in [4.69, 9.17) is 11.6 Å². The molecule has 0 radical (unpaired) electrons. The first-order chi connectivity index (χ1) is 5.46. The Balaban J connectivity index is 3.19. The van der Waals surface area contributed by atoms with E-state index in [2.05, 4.69) is 5.10 Å². The molecule has 0 spiro atoms. The molecule has 0 bridgehead atoms. The van der Waals surface area contributed by atoms with Crippen LogP contribution in [-0.4, -0.2) is 9.78 Å². The maximum atomic E-state index is 12.2. The molecular weight excluding hydrogens is 193 g/mol. The highest BCUT2D eigenvalue weighted by atomic mass is 35.5. The number of hydrogen-bond donors (Lipinski definition) is 0. The van der Waals surface area contributed by atoms with E-state index in [1.54, 1.807) is 0 Å². The van der Waals surface area contributed by atoms with Gasteiger partial charge in [0.05, 0.1) is 12.1 Å². The van der Waals surface area contributed by atoms with E-state index in [1.165, 1.54) is 7.05 Å².